The molecule has 18 heavy (non-hydrogen) atoms. The fourth-order valence-electron chi connectivity index (χ4n) is 3.06. The van der Waals surface area contributed by atoms with E-state index in [2.05, 4.69) is 29.5 Å². The summed E-state index contributed by atoms with van der Waals surface area (Å²) in [6.45, 7) is 0. The van der Waals surface area contributed by atoms with Gasteiger partial charge in [-0.1, -0.05) is 25.7 Å². The first-order valence-corrected chi connectivity index (χ1v) is 7.44. The molecule has 0 spiro atoms. The van der Waals surface area contributed by atoms with Crippen LogP contribution in [0.3, 0.4) is 0 Å². The van der Waals surface area contributed by atoms with Gasteiger partial charge in [0.05, 0.1) is 0 Å². The molecular formula is C16H26N2. The van der Waals surface area contributed by atoms with Crippen molar-refractivity contribution in [2.75, 3.05) is 7.05 Å². The second kappa shape index (κ2) is 7.52. The van der Waals surface area contributed by atoms with Gasteiger partial charge in [-0.2, -0.15) is 0 Å². The number of aryl methyl sites for hydroxylation is 1. The van der Waals surface area contributed by atoms with Crippen molar-refractivity contribution in [3.63, 3.8) is 0 Å². The summed E-state index contributed by atoms with van der Waals surface area (Å²) in [7, 11) is 2.10. The molecule has 0 amide bonds. The zero-order chi connectivity index (χ0) is 12.6. The summed E-state index contributed by atoms with van der Waals surface area (Å²) in [5, 5.41) is 3.48. The van der Waals surface area contributed by atoms with E-state index in [-0.39, 0.29) is 0 Å². The van der Waals surface area contributed by atoms with Gasteiger partial charge in [0.2, 0.25) is 0 Å². The van der Waals surface area contributed by atoms with Crippen molar-refractivity contribution in [1.82, 2.24) is 10.3 Å². The highest BCUT2D eigenvalue weighted by molar-refractivity contribution is 5.09. The normalized spacial score (nSPS) is 18.1. The van der Waals surface area contributed by atoms with E-state index in [4.69, 9.17) is 0 Å². The standard InChI is InChI=1S/C16H26N2/c1-17-16(8-6-14-4-2-3-5-14)9-7-15-10-12-18-13-11-15/h10-14,16-17H,2-9H2,1H3. The van der Waals surface area contributed by atoms with Gasteiger partial charge in [-0.25, -0.2) is 0 Å². The van der Waals surface area contributed by atoms with Crippen LogP contribution in [0.2, 0.25) is 0 Å². The minimum Gasteiger partial charge on any atom is -0.317 e. The van der Waals surface area contributed by atoms with Gasteiger partial charge in [0.1, 0.15) is 0 Å². The van der Waals surface area contributed by atoms with E-state index in [9.17, 15) is 0 Å². The maximum Gasteiger partial charge on any atom is 0.0270 e. The Morgan fingerprint density at radius 1 is 1.22 bits per heavy atom. The average Bonchev–Trinajstić information content (AvgIpc) is 2.93. The molecule has 0 saturated heterocycles. The van der Waals surface area contributed by atoms with Gasteiger partial charge in [-0.3, -0.25) is 4.98 Å². The molecule has 1 aliphatic rings. The summed E-state index contributed by atoms with van der Waals surface area (Å²) in [6.07, 6.45) is 14.8. The summed E-state index contributed by atoms with van der Waals surface area (Å²) in [5.74, 6) is 1.02. The van der Waals surface area contributed by atoms with Gasteiger partial charge in [0.15, 0.2) is 0 Å². The van der Waals surface area contributed by atoms with Crippen molar-refractivity contribution in [2.24, 2.45) is 5.92 Å². The molecular weight excluding hydrogens is 220 g/mol. The number of aromatic nitrogens is 1. The number of hydrogen-bond acceptors (Lipinski definition) is 2. The van der Waals surface area contributed by atoms with Gasteiger partial charge in [-0.15, -0.1) is 0 Å². The van der Waals surface area contributed by atoms with Crippen molar-refractivity contribution in [1.29, 1.82) is 0 Å². The summed E-state index contributed by atoms with van der Waals surface area (Å²) in [4.78, 5) is 4.07. The monoisotopic (exact) mass is 246 g/mol. The van der Waals surface area contributed by atoms with Gasteiger partial charge in [0, 0.05) is 18.4 Å². The Morgan fingerprint density at radius 2 is 1.94 bits per heavy atom. The van der Waals surface area contributed by atoms with Crippen LogP contribution in [0.1, 0.15) is 50.5 Å². The fraction of sp³-hybridized carbons (Fsp3) is 0.688. The molecule has 2 heteroatoms. The lowest BCUT2D eigenvalue weighted by atomic mass is 9.95. The summed E-state index contributed by atoms with van der Waals surface area (Å²) in [5.41, 5.74) is 1.41. The Kier molecular flexibility index (Phi) is 5.66. The van der Waals surface area contributed by atoms with E-state index < -0.39 is 0 Å². The molecule has 1 atom stereocenters. The maximum absolute atomic E-state index is 4.07. The Hall–Kier alpha value is -0.890. The van der Waals surface area contributed by atoms with E-state index in [1.54, 1.807) is 0 Å². The fourth-order valence-corrected chi connectivity index (χ4v) is 3.06. The Balaban J connectivity index is 1.68. The highest BCUT2D eigenvalue weighted by Crippen LogP contribution is 2.29. The molecule has 1 aromatic rings. The SMILES string of the molecule is CNC(CCc1ccncc1)CCC1CCCC1. The molecule has 1 saturated carbocycles. The van der Waals surface area contributed by atoms with E-state index in [0.717, 1.165) is 5.92 Å². The van der Waals surface area contributed by atoms with Crippen LogP contribution in [-0.2, 0) is 6.42 Å². The van der Waals surface area contributed by atoms with Crippen LogP contribution in [0.15, 0.2) is 24.5 Å². The lowest BCUT2D eigenvalue weighted by molar-refractivity contribution is 0.406. The second-order valence-electron chi connectivity index (χ2n) is 5.61. The van der Waals surface area contributed by atoms with Crippen LogP contribution in [0.25, 0.3) is 0 Å². The minimum atomic E-state index is 0.679. The van der Waals surface area contributed by atoms with Crippen molar-refractivity contribution in [3.05, 3.63) is 30.1 Å². The average molecular weight is 246 g/mol. The van der Waals surface area contributed by atoms with Crippen molar-refractivity contribution < 1.29 is 0 Å². The van der Waals surface area contributed by atoms with Crippen LogP contribution in [0.4, 0.5) is 0 Å². The van der Waals surface area contributed by atoms with Gasteiger partial charge < -0.3 is 5.32 Å². The Morgan fingerprint density at radius 3 is 2.61 bits per heavy atom. The molecule has 1 unspecified atom stereocenters. The number of nitrogens with zero attached hydrogens (tertiary/aromatic N) is 1. The zero-order valence-electron chi connectivity index (χ0n) is 11.6. The molecule has 100 valence electrons. The van der Waals surface area contributed by atoms with Crippen molar-refractivity contribution in [2.45, 2.75) is 57.4 Å². The van der Waals surface area contributed by atoms with Crippen LogP contribution < -0.4 is 5.32 Å². The molecule has 1 aliphatic carbocycles. The third-order valence-electron chi connectivity index (χ3n) is 4.34. The van der Waals surface area contributed by atoms with E-state index in [1.165, 1.54) is 56.9 Å². The predicted octanol–water partition coefficient (Wildman–Crippen LogP) is 3.57. The number of rotatable bonds is 7. The van der Waals surface area contributed by atoms with Crippen LogP contribution in [-0.4, -0.2) is 18.1 Å². The highest BCUT2D eigenvalue weighted by atomic mass is 14.9. The molecule has 1 aromatic heterocycles. The highest BCUT2D eigenvalue weighted by Gasteiger charge is 2.16. The molecule has 2 rings (SSSR count). The zero-order valence-corrected chi connectivity index (χ0v) is 11.6. The molecule has 0 aliphatic heterocycles. The van der Waals surface area contributed by atoms with Crippen molar-refractivity contribution >= 4 is 0 Å². The molecule has 0 aromatic carbocycles. The lowest BCUT2D eigenvalue weighted by Crippen LogP contribution is -2.26. The Labute approximate surface area is 111 Å². The smallest absolute Gasteiger partial charge is 0.0270 e. The molecule has 0 radical (unpaired) electrons. The lowest BCUT2D eigenvalue weighted by Gasteiger charge is -2.18. The van der Waals surface area contributed by atoms with Gasteiger partial charge >= 0.3 is 0 Å². The van der Waals surface area contributed by atoms with E-state index in [0.29, 0.717) is 6.04 Å². The molecule has 1 heterocycles. The Bertz CT molecular complexity index is 317. The maximum atomic E-state index is 4.07. The molecule has 0 bridgehead atoms. The number of hydrogen-bond donors (Lipinski definition) is 1. The first-order valence-electron chi connectivity index (χ1n) is 7.44. The third kappa shape index (κ3) is 4.41. The van der Waals surface area contributed by atoms with Gasteiger partial charge in [0.25, 0.3) is 0 Å². The predicted molar refractivity (Wildman–Crippen MR) is 76.6 cm³/mol. The summed E-state index contributed by atoms with van der Waals surface area (Å²) in [6, 6.07) is 4.94. The van der Waals surface area contributed by atoms with Crippen LogP contribution >= 0.6 is 0 Å². The van der Waals surface area contributed by atoms with Crippen LogP contribution in [0, 0.1) is 5.92 Å². The van der Waals surface area contributed by atoms with Crippen molar-refractivity contribution in [3.8, 4) is 0 Å². The quantitative estimate of drug-likeness (QED) is 0.795. The van der Waals surface area contributed by atoms with Crippen LogP contribution in [0.5, 0.6) is 0 Å². The first kappa shape index (κ1) is 13.5. The number of pyridine rings is 1. The molecule has 1 fully saturated rings. The third-order valence-corrected chi connectivity index (χ3v) is 4.34. The van der Waals surface area contributed by atoms with Gasteiger partial charge in [-0.05, 0) is 56.3 Å². The topological polar surface area (TPSA) is 24.9 Å². The van der Waals surface area contributed by atoms with E-state index in [1.807, 2.05) is 12.4 Å². The second-order valence-corrected chi connectivity index (χ2v) is 5.61. The van der Waals surface area contributed by atoms with E-state index >= 15 is 0 Å². The summed E-state index contributed by atoms with van der Waals surface area (Å²) >= 11 is 0. The number of nitrogens with one attached hydrogen (secondary N) is 1. The summed E-state index contributed by atoms with van der Waals surface area (Å²) < 4.78 is 0. The minimum absolute atomic E-state index is 0.679. The molecule has 1 N–H and O–H groups in total. The molecule has 2 nitrogen and oxygen atoms in total. The first-order chi connectivity index (χ1) is 8.88. The largest absolute Gasteiger partial charge is 0.317 e.